The summed E-state index contributed by atoms with van der Waals surface area (Å²) in [6, 6.07) is 15.0. The molecule has 0 spiro atoms. The lowest BCUT2D eigenvalue weighted by molar-refractivity contribution is 0.0686. The minimum Gasteiger partial charge on any atom is -0.356 e. The molecule has 1 aromatic heterocycles. The summed E-state index contributed by atoms with van der Waals surface area (Å²) in [7, 11) is 0. The minimum absolute atomic E-state index is 0.0231. The molecule has 0 bridgehead atoms. The largest absolute Gasteiger partial charge is 0.356 e. The van der Waals surface area contributed by atoms with Gasteiger partial charge >= 0.3 is 0 Å². The van der Waals surface area contributed by atoms with E-state index in [4.69, 9.17) is 16.1 Å². The number of halogens is 1. The van der Waals surface area contributed by atoms with Crippen molar-refractivity contribution < 1.29 is 9.32 Å². The Hall–Kier alpha value is -2.59. The highest BCUT2D eigenvalue weighted by atomic mass is 35.5. The standard InChI is InChI=1S/C22H23ClN2O2/c1-14(2)25(22(26)17-7-9-19(23)10-8-17)13-20-12-21(27-24-20)18-6-5-15(3)16(4)11-18/h5-12,14H,13H2,1-4H3. The molecule has 0 aliphatic rings. The highest BCUT2D eigenvalue weighted by Crippen LogP contribution is 2.24. The Bertz CT molecular complexity index is 945. The van der Waals surface area contributed by atoms with Crippen LogP contribution in [-0.4, -0.2) is 22.0 Å². The first-order valence-corrected chi connectivity index (χ1v) is 9.32. The van der Waals surface area contributed by atoms with Gasteiger partial charge < -0.3 is 9.42 Å². The van der Waals surface area contributed by atoms with Crippen LogP contribution in [0, 0.1) is 13.8 Å². The molecule has 0 saturated carbocycles. The van der Waals surface area contributed by atoms with E-state index >= 15 is 0 Å². The van der Waals surface area contributed by atoms with Gasteiger partial charge in [-0.3, -0.25) is 4.79 Å². The van der Waals surface area contributed by atoms with Crippen molar-refractivity contribution in [2.24, 2.45) is 0 Å². The van der Waals surface area contributed by atoms with Crippen LogP contribution >= 0.6 is 11.6 Å². The van der Waals surface area contributed by atoms with Crippen LogP contribution in [0.5, 0.6) is 0 Å². The molecule has 3 aromatic rings. The Kier molecular flexibility index (Phi) is 5.66. The number of hydrogen-bond acceptors (Lipinski definition) is 3. The van der Waals surface area contributed by atoms with Crippen LogP contribution in [0.4, 0.5) is 0 Å². The first-order chi connectivity index (χ1) is 12.8. The highest BCUT2D eigenvalue weighted by molar-refractivity contribution is 6.30. The molecule has 5 heteroatoms. The van der Waals surface area contributed by atoms with E-state index in [1.807, 2.05) is 26.0 Å². The topological polar surface area (TPSA) is 46.3 Å². The Balaban J connectivity index is 1.81. The molecule has 27 heavy (non-hydrogen) atoms. The molecule has 0 N–H and O–H groups in total. The fraction of sp³-hybridized carbons (Fsp3) is 0.273. The average molecular weight is 383 g/mol. The lowest BCUT2D eigenvalue weighted by atomic mass is 10.0. The molecule has 1 heterocycles. The first kappa shape index (κ1) is 19.2. The van der Waals surface area contributed by atoms with Crippen molar-refractivity contribution in [2.45, 2.75) is 40.3 Å². The molecule has 0 radical (unpaired) electrons. The molecule has 0 fully saturated rings. The van der Waals surface area contributed by atoms with Crippen LogP contribution in [0.2, 0.25) is 5.02 Å². The minimum atomic E-state index is -0.0580. The summed E-state index contributed by atoms with van der Waals surface area (Å²) in [5.74, 6) is 0.646. The molecule has 0 aliphatic carbocycles. The predicted octanol–water partition coefficient (Wildman–Crippen LogP) is 5.66. The smallest absolute Gasteiger partial charge is 0.254 e. The van der Waals surface area contributed by atoms with E-state index in [1.54, 1.807) is 29.2 Å². The highest BCUT2D eigenvalue weighted by Gasteiger charge is 2.21. The molecule has 0 atom stereocenters. The van der Waals surface area contributed by atoms with Gasteiger partial charge in [0.25, 0.3) is 5.91 Å². The number of aryl methyl sites for hydroxylation is 2. The summed E-state index contributed by atoms with van der Waals surface area (Å²) in [6.07, 6.45) is 0. The third-order valence-corrected chi connectivity index (χ3v) is 4.91. The van der Waals surface area contributed by atoms with Crippen molar-refractivity contribution >= 4 is 17.5 Å². The summed E-state index contributed by atoms with van der Waals surface area (Å²) in [6.45, 7) is 8.50. The number of benzene rings is 2. The van der Waals surface area contributed by atoms with Crippen LogP contribution in [0.15, 0.2) is 53.1 Å². The van der Waals surface area contributed by atoms with Crippen molar-refractivity contribution in [2.75, 3.05) is 0 Å². The van der Waals surface area contributed by atoms with Crippen LogP contribution in [0.25, 0.3) is 11.3 Å². The number of rotatable bonds is 5. The van der Waals surface area contributed by atoms with Gasteiger partial charge in [0.05, 0.1) is 6.54 Å². The molecule has 0 aliphatic heterocycles. The second-order valence-electron chi connectivity index (χ2n) is 7.02. The van der Waals surface area contributed by atoms with E-state index in [-0.39, 0.29) is 11.9 Å². The lowest BCUT2D eigenvalue weighted by Crippen LogP contribution is -2.36. The number of aromatic nitrogens is 1. The maximum Gasteiger partial charge on any atom is 0.254 e. The molecule has 140 valence electrons. The Morgan fingerprint density at radius 1 is 1.07 bits per heavy atom. The van der Waals surface area contributed by atoms with Gasteiger partial charge in [0, 0.05) is 28.3 Å². The molecular formula is C22H23ClN2O2. The van der Waals surface area contributed by atoms with Gasteiger partial charge in [-0.25, -0.2) is 0 Å². The van der Waals surface area contributed by atoms with Gasteiger partial charge in [-0.15, -0.1) is 0 Å². The molecular weight excluding hydrogens is 360 g/mol. The van der Waals surface area contributed by atoms with Gasteiger partial charge in [-0.2, -0.15) is 0 Å². The van der Waals surface area contributed by atoms with Crippen molar-refractivity contribution in [3.05, 3.63) is 75.9 Å². The van der Waals surface area contributed by atoms with Gasteiger partial charge in [-0.1, -0.05) is 28.9 Å². The van der Waals surface area contributed by atoms with E-state index in [0.717, 1.165) is 11.3 Å². The molecule has 0 unspecified atom stereocenters. The van der Waals surface area contributed by atoms with Crippen LogP contribution in [0.3, 0.4) is 0 Å². The Morgan fingerprint density at radius 2 is 1.78 bits per heavy atom. The summed E-state index contributed by atoms with van der Waals surface area (Å²) in [5.41, 5.74) is 4.74. The van der Waals surface area contributed by atoms with Crippen LogP contribution < -0.4 is 0 Å². The SMILES string of the molecule is Cc1ccc(-c2cc(CN(C(=O)c3ccc(Cl)cc3)C(C)C)no2)cc1C. The normalized spacial score (nSPS) is 11.0. The van der Waals surface area contributed by atoms with Gasteiger partial charge in [0.2, 0.25) is 0 Å². The number of carbonyl (C=O) groups excluding carboxylic acids is 1. The van der Waals surface area contributed by atoms with Crippen LogP contribution in [0.1, 0.15) is 41.0 Å². The average Bonchev–Trinajstić information content (AvgIpc) is 3.10. The zero-order valence-electron chi connectivity index (χ0n) is 16.0. The van der Waals surface area contributed by atoms with Crippen molar-refractivity contribution in [3.8, 4) is 11.3 Å². The summed E-state index contributed by atoms with van der Waals surface area (Å²) >= 11 is 5.92. The van der Waals surface area contributed by atoms with E-state index in [9.17, 15) is 4.79 Å². The van der Waals surface area contributed by atoms with Crippen molar-refractivity contribution in [1.29, 1.82) is 0 Å². The van der Waals surface area contributed by atoms with Crippen molar-refractivity contribution in [3.63, 3.8) is 0 Å². The third-order valence-electron chi connectivity index (χ3n) is 4.66. The number of carbonyl (C=O) groups is 1. The number of nitrogens with zero attached hydrogens (tertiary/aromatic N) is 2. The number of amides is 1. The van der Waals surface area contributed by atoms with Gasteiger partial charge in [-0.05, 0) is 69.2 Å². The number of hydrogen-bond donors (Lipinski definition) is 0. The van der Waals surface area contributed by atoms with E-state index < -0.39 is 0 Å². The van der Waals surface area contributed by atoms with Crippen LogP contribution in [-0.2, 0) is 6.54 Å². The third kappa shape index (κ3) is 4.40. The zero-order chi connectivity index (χ0) is 19.6. The maximum atomic E-state index is 12.9. The zero-order valence-corrected chi connectivity index (χ0v) is 16.7. The molecule has 1 amide bonds. The van der Waals surface area contributed by atoms with E-state index in [0.29, 0.717) is 22.9 Å². The monoisotopic (exact) mass is 382 g/mol. The fourth-order valence-corrected chi connectivity index (χ4v) is 2.96. The maximum absolute atomic E-state index is 12.9. The molecule has 3 rings (SSSR count). The lowest BCUT2D eigenvalue weighted by Gasteiger charge is -2.25. The second-order valence-corrected chi connectivity index (χ2v) is 7.45. The second kappa shape index (κ2) is 7.97. The molecule has 4 nitrogen and oxygen atoms in total. The Morgan fingerprint density at radius 3 is 2.41 bits per heavy atom. The predicted molar refractivity (Wildman–Crippen MR) is 108 cm³/mol. The van der Waals surface area contributed by atoms with E-state index in [1.165, 1.54) is 11.1 Å². The Labute approximate surface area is 164 Å². The summed E-state index contributed by atoms with van der Waals surface area (Å²) in [5, 5.41) is 4.78. The fourth-order valence-electron chi connectivity index (χ4n) is 2.84. The quantitative estimate of drug-likeness (QED) is 0.571. The molecule has 0 saturated heterocycles. The summed E-state index contributed by atoms with van der Waals surface area (Å²) < 4.78 is 5.52. The first-order valence-electron chi connectivity index (χ1n) is 8.95. The van der Waals surface area contributed by atoms with Gasteiger partial charge in [0.15, 0.2) is 5.76 Å². The van der Waals surface area contributed by atoms with Gasteiger partial charge in [0.1, 0.15) is 5.69 Å². The van der Waals surface area contributed by atoms with E-state index in [2.05, 4.69) is 31.1 Å². The summed E-state index contributed by atoms with van der Waals surface area (Å²) in [4.78, 5) is 14.7. The molecule has 2 aromatic carbocycles. The van der Waals surface area contributed by atoms with Crippen molar-refractivity contribution in [1.82, 2.24) is 10.1 Å².